The second kappa shape index (κ2) is 7.17. The van der Waals surface area contributed by atoms with E-state index in [0.29, 0.717) is 12.4 Å². The van der Waals surface area contributed by atoms with Gasteiger partial charge in [0.15, 0.2) is 0 Å². The lowest BCUT2D eigenvalue weighted by molar-refractivity contribution is 0.253. The minimum absolute atomic E-state index is 0.00602. The highest BCUT2D eigenvalue weighted by Gasteiger charge is 2.22. The molecule has 0 saturated heterocycles. The van der Waals surface area contributed by atoms with Crippen LogP contribution in [-0.4, -0.2) is 27.7 Å². The van der Waals surface area contributed by atoms with Crippen LogP contribution in [-0.2, 0) is 13.0 Å². The molecule has 2 aromatic heterocycles. The standard InChI is InChI=1S/C21H20N4O2/c22-21(27)25-6-2-5-16-8-19(12-24-20(16)25)18-9-17(10-23-11-18)15-4-1-3-14(7-15)13-26/h1,3-4,7-12,26H,2,5-6,13H2,(H2,22,27). The van der Waals surface area contributed by atoms with Crippen LogP contribution >= 0.6 is 0 Å². The summed E-state index contributed by atoms with van der Waals surface area (Å²) in [5.74, 6) is 0.650. The number of benzene rings is 1. The molecule has 27 heavy (non-hydrogen) atoms. The monoisotopic (exact) mass is 360 g/mol. The van der Waals surface area contributed by atoms with E-state index in [9.17, 15) is 9.90 Å². The first-order valence-corrected chi connectivity index (χ1v) is 8.87. The molecule has 0 unspecified atom stereocenters. The van der Waals surface area contributed by atoms with Crippen LogP contribution in [0.3, 0.4) is 0 Å². The van der Waals surface area contributed by atoms with Gasteiger partial charge >= 0.3 is 6.03 Å². The van der Waals surface area contributed by atoms with Crippen LogP contribution in [0.5, 0.6) is 0 Å². The molecule has 0 fully saturated rings. The third-order valence-electron chi connectivity index (χ3n) is 4.81. The van der Waals surface area contributed by atoms with Gasteiger partial charge in [0.1, 0.15) is 5.82 Å². The summed E-state index contributed by atoms with van der Waals surface area (Å²) in [6, 6.07) is 11.4. The number of nitrogens with zero attached hydrogens (tertiary/aromatic N) is 3. The smallest absolute Gasteiger partial charge is 0.320 e. The van der Waals surface area contributed by atoms with Crippen LogP contribution in [0.2, 0.25) is 0 Å². The predicted octanol–water partition coefficient (Wildman–Crippen LogP) is 3.13. The molecule has 0 spiro atoms. The number of aliphatic hydroxyl groups excluding tert-OH is 1. The summed E-state index contributed by atoms with van der Waals surface area (Å²) >= 11 is 0. The van der Waals surface area contributed by atoms with E-state index in [1.807, 2.05) is 24.3 Å². The first-order chi connectivity index (χ1) is 13.2. The molecular formula is C21H20N4O2. The van der Waals surface area contributed by atoms with Gasteiger partial charge in [-0.05, 0) is 47.7 Å². The van der Waals surface area contributed by atoms with Crippen LogP contribution in [0, 0.1) is 0 Å². The number of carbonyl (C=O) groups is 1. The first kappa shape index (κ1) is 17.2. The third kappa shape index (κ3) is 3.39. The molecule has 136 valence electrons. The summed E-state index contributed by atoms with van der Waals surface area (Å²) in [6.07, 6.45) is 7.10. The Morgan fingerprint density at radius 3 is 2.63 bits per heavy atom. The van der Waals surface area contributed by atoms with Crippen molar-refractivity contribution in [1.82, 2.24) is 9.97 Å². The fourth-order valence-corrected chi connectivity index (χ4v) is 3.44. The normalized spacial score (nSPS) is 13.3. The number of primary amides is 1. The average molecular weight is 360 g/mol. The number of rotatable bonds is 3. The van der Waals surface area contributed by atoms with E-state index >= 15 is 0 Å². The molecule has 1 aliphatic rings. The number of aryl methyl sites for hydroxylation is 1. The number of nitrogens with two attached hydrogens (primary N) is 1. The second-order valence-electron chi connectivity index (χ2n) is 6.62. The van der Waals surface area contributed by atoms with Crippen molar-refractivity contribution in [2.45, 2.75) is 19.4 Å². The Morgan fingerprint density at radius 2 is 1.85 bits per heavy atom. The van der Waals surface area contributed by atoms with Crippen LogP contribution < -0.4 is 10.6 Å². The minimum Gasteiger partial charge on any atom is -0.392 e. The van der Waals surface area contributed by atoms with E-state index < -0.39 is 6.03 Å². The molecular weight excluding hydrogens is 340 g/mol. The average Bonchev–Trinajstić information content (AvgIpc) is 2.73. The Balaban J connectivity index is 1.71. The van der Waals surface area contributed by atoms with Gasteiger partial charge in [-0.25, -0.2) is 9.78 Å². The van der Waals surface area contributed by atoms with Gasteiger partial charge in [0.25, 0.3) is 0 Å². The van der Waals surface area contributed by atoms with Gasteiger partial charge in [-0.15, -0.1) is 0 Å². The Labute approximate surface area is 157 Å². The number of fused-ring (bicyclic) bond motifs is 1. The van der Waals surface area contributed by atoms with Gasteiger partial charge < -0.3 is 10.8 Å². The number of carbonyl (C=O) groups excluding carboxylic acids is 1. The maximum absolute atomic E-state index is 11.6. The summed E-state index contributed by atoms with van der Waals surface area (Å²) in [4.78, 5) is 22.0. The summed E-state index contributed by atoms with van der Waals surface area (Å²) in [6.45, 7) is 0.610. The van der Waals surface area contributed by atoms with E-state index in [1.165, 1.54) is 4.90 Å². The summed E-state index contributed by atoms with van der Waals surface area (Å²) in [5, 5.41) is 9.35. The molecule has 3 N–H and O–H groups in total. The van der Waals surface area contributed by atoms with Crippen molar-refractivity contribution in [2.24, 2.45) is 5.73 Å². The lowest BCUT2D eigenvalue weighted by Crippen LogP contribution is -2.40. The van der Waals surface area contributed by atoms with E-state index in [4.69, 9.17) is 5.73 Å². The van der Waals surface area contributed by atoms with E-state index in [-0.39, 0.29) is 6.61 Å². The number of urea groups is 1. The molecule has 0 saturated carbocycles. The number of hydrogen-bond donors (Lipinski definition) is 2. The zero-order chi connectivity index (χ0) is 18.8. The molecule has 3 aromatic rings. The van der Waals surface area contributed by atoms with Crippen LogP contribution in [0.15, 0.2) is 55.0 Å². The zero-order valence-corrected chi connectivity index (χ0v) is 14.8. The van der Waals surface area contributed by atoms with Gasteiger partial charge in [-0.3, -0.25) is 9.88 Å². The fourth-order valence-electron chi connectivity index (χ4n) is 3.44. The van der Waals surface area contributed by atoms with Crippen molar-refractivity contribution in [3.8, 4) is 22.3 Å². The number of amides is 2. The van der Waals surface area contributed by atoms with Crippen LogP contribution in [0.4, 0.5) is 10.6 Å². The number of aromatic nitrogens is 2. The highest BCUT2D eigenvalue weighted by molar-refractivity contribution is 5.91. The lowest BCUT2D eigenvalue weighted by Gasteiger charge is -2.26. The highest BCUT2D eigenvalue weighted by atomic mass is 16.3. The van der Waals surface area contributed by atoms with E-state index in [2.05, 4.69) is 22.1 Å². The van der Waals surface area contributed by atoms with Crippen molar-refractivity contribution >= 4 is 11.8 Å². The number of hydrogen-bond acceptors (Lipinski definition) is 4. The maximum Gasteiger partial charge on any atom is 0.320 e. The van der Waals surface area contributed by atoms with Crippen molar-refractivity contribution in [2.75, 3.05) is 11.4 Å². The van der Waals surface area contributed by atoms with Crippen LogP contribution in [0.1, 0.15) is 17.5 Å². The second-order valence-corrected chi connectivity index (χ2v) is 6.62. The van der Waals surface area contributed by atoms with Crippen molar-refractivity contribution in [3.63, 3.8) is 0 Å². The SMILES string of the molecule is NC(=O)N1CCCc2cc(-c3cncc(-c4cccc(CO)c4)c3)cnc21. The molecule has 6 nitrogen and oxygen atoms in total. The van der Waals surface area contributed by atoms with Gasteiger partial charge in [0, 0.05) is 41.8 Å². The molecule has 0 radical (unpaired) electrons. The summed E-state index contributed by atoms with van der Waals surface area (Å²) < 4.78 is 0. The Hall–Kier alpha value is -3.25. The largest absolute Gasteiger partial charge is 0.392 e. The third-order valence-corrected chi connectivity index (χ3v) is 4.81. The minimum atomic E-state index is -0.469. The quantitative estimate of drug-likeness (QED) is 0.750. The number of pyridine rings is 2. The van der Waals surface area contributed by atoms with Gasteiger partial charge in [-0.2, -0.15) is 0 Å². The Bertz CT molecular complexity index is 1000. The molecule has 0 atom stereocenters. The Kier molecular flexibility index (Phi) is 4.56. The molecule has 1 aliphatic heterocycles. The van der Waals surface area contributed by atoms with Crippen molar-refractivity contribution < 1.29 is 9.90 Å². The molecule has 3 heterocycles. The summed E-state index contributed by atoms with van der Waals surface area (Å²) in [5.41, 5.74) is 11.2. The first-order valence-electron chi connectivity index (χ1n) is 8.87. The molecule has 0 aliphatic carbocycles. The van der Waals surface area contributed by atoms with Crippen LogP contribution in [0.25, 0.3) is 22.3 Å². The molecule has 0 bridgehead atoms. The zero-order valence-electron chi connectivity index (χ0n) is 14.8. The Morgan fingerprint density at radius 1 is 1.07 bits per heavy atom. The van der Waals surface area contributed by atoms with Gasteiger partial charge in [0.2, 0.25) is 0 Å². The van der Waals surface area contributed by atoms with Crippen molar-refractivity contribution in [3.05, 3.63) is 66.1 Å². The lowest BCUT2D eigenvalue weighted by atomic mass is 9.99. The molecule has 6 heteroatoms. The number of anilines is 1. The van der Waals surface area contributed by atoms with E-state index in [1.54, 1.807) is 18.6 Å². The number of aliphatic hydroxyl groups is 1. The molecule has 1 aromatic carbocycles. The maximum atomic E-state index is 11.6. The topological polar surface area (TPSA) is 92.3 Å². The molecule has 2 amide bonds. The highest BCUT2D eigenvalue weighted by Crippen LogP contribution is 2.31. The fraction of sp³-hybridized carbons (Fsp3) is 0.190. The van der Waals surface area contributed by atoms with E-state index in [0.717, 1.165) is 46.2 Å². The van der Waals surface area contributed by atoms with Crippen molar-refractivity contribution in [1.29, 1.82) is 0 Å². The van der Waals surface area contributed by atoms with Gasteiger partial charge in [0.05, 0.1) is 6.61 Å². The van der Waals surface area contributed by atoms with Gasteiger partial charge in [-0.1, -0.05) is 18.2 Å². The molecule has 4 rings (SSSR count). The predicted molar refractivity (Wildman–Crippen MR) is 104 cm³/mol. The summed E-state index contributed by atoms with van der Waals surface area (Å²) in [7, 11) is 0.